The SMILES string of the molecule is Cc1noc(-c2nn(C)c3c2CN(C(=O)Nc2cccc(C(F)(F)F)c2)CC3)n1. The number of carbonyl (C=O) groups is 1. The number of urea groups is 1. The quantitative estimate of drug-likeness (QED) is 0.705. The Kier molecular flexibility index (Phi) is 4.52. The number of benzene rings is 1. The van der Waals surface area contributed by atoms with Gasteiger partial charge in [0, 0.05) is 37.0 Å². The molecule has 152 valence electrons. The van der Waals surface area contributed by atoms with Gasteiger partial charge in [-0.15, -0.1) is 0 Å². The first-order valence-corrected chi connectivity index (χ1v) is 8.81. The van der Waals surface area contributed by atoms with E-state index in [-0.39, 0.29) is 18.1 Å². The maximum atomic E-state index is 12.9. The van der Waals surface area contributed by atoms with E-state index in [4.69, 9.17) is 4.52 Å². The third kappa shape index (κ3) is 3.67. The second kappa shape index (κ2) is 6.90. The number of rotatable bonds is 2. The van der Waals surface area contributed by atoms with Gasteiger partial charge in [0.15, 0.2) is 11.5 Å². The predicted molar refractivity (Wildman–Crippen MR) is 95.8 cm³/mol. The van der Waals surface area contributed by atoms with Crippen molar-refractivity contribution in [2.75, 3.05) is 11.9 Å². The van der Waals surface area contributed by atoms with E-state index in [9.17, 15) is 18.0 Å². The Bertz CT molecular complexity index is 1070. The Balaban J connectivity index is 1.55. The van der Waals surface area contributed by atoms with E-state index in [1.807, 2.05) is 0 Å². The molecule has 0 unspecified atom stereocenters. The van der Waals surface area contributed by atoms with Gasteiger partial charge in [-0.2, -0.15) is 23.3 Å². The molecule has 0 radical (unpaired) electrons. The van der Waals surface area contributed by atoms with E-state index in [2.05, 4.69) is 20.6 Å². The van der Waals surface area contributed by atoms with Crippen molar-refractivity contribution in [2.24, 2.45) is 7.05 Å². The van der Waals surface area contributed by atoms with E-state index in [0.717, 1.165) is 23.4 Å². The number of nitrogens with zero attached hydrogens (tertiary/aromatic N) is 5. The van der Waals surface area contributed by atoms with E-state index >= 15 is 0 Å². The summed E-state index contributed by atoms with van der Waals surface area (Å²) in [5, 5.41) is 10.7. The molecule has 0 spiro atoms. The molecule has 2 amide bonds. The number of aryl methyl sites for hydroxylation is 2. The number of nitrogens with one attached hydrogen (secondary N) is 1. The third-order valence-electron chi connectivity index (χ3n) is 4.70. The second-order valence-corrected chi connectivity index (χ2v) is 6.72. The molecule has 2 aromatic heterocycles. The lowest BCUT2D eigenvalue weighted by atomic mass is 10.1. The van der Waals surface area contributed by atoms with Crippen LogP contribution in [0.15, 0.2) is 28.8 Å². The topological polar surface area (TPSA) is 89.1 Å². The van der Waals surface area contributed by atoms with Crippen LogP contribution in [0, 0.1) is 6.92 Å². The average molecular weight is 406 g/mol. The number of hydrogen-bond acceptors (Lipinski definition) is 5. The molecular formula is C18H17F3N6O2. The van der Waals surface area contributed by atoms with Gasteiger partial charge >= 0.3 is 12.2 Å². The number of hydrogen-bond donors (Lipinski definition) is 1. The molecule has 3 heterocycles. The van der Waals surface area contributed by atoms with Crippen molar-refractivity contribution in [3.63, 3.8) is 0 Å². The molecule has 3 aromatic rings. The second-order valence-electron chi connectivity index (χ2n) is 6.72. The minimum absolute atomic E-state index is 0.0783. The summed E-state index contributed by atoms with van der Waals surface area (Å²) in [6, 6.07) is 4.04. The lowest BCUT2D eigenvalue weighted by Gasteiger charge is -2.27. The Morgan fingerprint density at radius 3 is 2.79 bits per heavy atom. The lowest BCUT2D eigenvalue weighted by Crippen LogP contribution is -2.39. The molecular weight excluding hydrogens is 389 g/mol. The van der Waals surface area contributed by atoms with Crippen LogP contribution in [-0.4, -0.2) is 37.4 Å². The van der Waals surface area contributed by atoms with Crippen LogP contribution in [0.2, 0.25) is 0 Å². The van der Waals surface area contributed by atoms with Crippen molar-refractivity contribution in [2.45, 2.75) is 26.1 Å². The van der Waals surface area contributed by atoms with Gasteiger partial charge in [0.05, 0.1) is 12.1 Å². The maximum absolute atomic E-state index is 12.9. The van der Waals surface area contributed by atoms with Crippen molar-refractivity contribution in [3.8, 4) is 11.6 Å². The van der Waals surface area contributed by atoms with Gasteiger partial charge in [-0.1, -0.05) is 11.2 Å². The normalized spacial score (nSPS) is 14.0. The molecule has 1 N–H and O–H groups in total. The molecule has 1 aliphatic rings. The molecule has 8 nitrogen and oxygen atoms in total. The molecule has 11 heteroatoms. The highest BCUT2D eigenvalue weighted by molar-refractivity contribution is 5.89. The van der Waals surface area contributed by atoms with E-state index in [1.54, 1.807) is 18.7 Å². The van der Waals surface area contributed by atoms with Gasteiger partial charge in [-0.3, -0.25) is 4.68 Å². The maximum Gasteiger partial charge on any atom is 0.416 e. The van der Waals surface area contributed by atoms with Crippen molar-refractivity contribution in [1.29, 1.82) is 0 Å². The number of alkyl halides is 3. The number of carbonyl (C=O) groups excluding carboxylic acids is 1. The van der Waals surface area contributed by atoms with Crippen molar-refractivity contribution in [1.82, 2.24) is 24.8 Å². The molecule has 0 aliphatic carbocycles. The molecule has 1 aromatic carbocycles. The van der Waals surface area contributed by atoms with Gasteiger partial charge in [0.25, 0.3) is 5.89 Å². The van der Waals surface area contributed by atoms with Gasteiger partial charge in [-0.05, 0) is 25.1 Å². The van der Waals surface area contributed by atoms with Crippen LogP contribution in [0.1, 0.15) is 22.6 Å². The standard InChI is InChI=1S/C18H17F3N6O2/c1-10-22-16(29-25-10)15-13-9-27(7-6-14(13)26(2)24-15)17(28)23-12-5-3-4-11(8-12)18(19,20)21/h3-5,8H,6-7,9H2,1-2H3,(H,23,28). The lowest BCUT2D eigenvalue weighted by molar-refractivity contribution is -0.137. The van der Waals surface area contributed by atoms with Crippen molar-refractivity contribution >= 4 is 11.7 Å². The zero-order valence-corrected chi connectivity index (χ0v) is 15.6. The first-order chi connectivity index (χ1) is 13.7. The molecule has 0 saturated carbocycles. The highest BCUT2D eigenvalue weighted by Crippen LogP contribution is 2.31. The fourth-order valence-electron chi connectivity index (χ4n) is 3.31. The largest absolute Gasteiger partial charge is 0.416 e. The monoisotopic (exact) mass is 406 g/mol. The number of anilines is 1. The van der Waals surface area contributed by atoms with Gasteiger partial charge < -0.3 is 14.7 Å². The number of amides is 2. The van der Waals surface area contributed by atoms with E-state index in [1.165, 1.54) is 17.0 Å². The van der Waals surface area contributed by atoms with Crippen LogP contribution in [0.4, 0.5) is 23.7 Å². The Morgan fingerprint density at radius 2 is 2.10 bits per heavy atom. The molecule has 29 heavy (non-hydrogen) atoms. The van der Waals surface area contributed by atoms with Crippen molar-refractivity contribution in [3.05, 3.63) is 46.9 Å². The molecule has 4 rings (SSSR count). The minimum Gasteiger partial charge on any atom is -0.332 e. The van der Waals surface area contributed by atoms with Crippen LogP contribution in [-0.2, 0) is 26.2 Å². The number of aromatic nitrogens is 4. The van der Waals surface area contributed by atoms with Gasteiger partial charge in [-0.25, -0.2) is 4.79 Å². The first-order valence-electron chi connectivity index (χ1n) is 8.81. The van der Waals surface area contributed by atoms with Crippen LogP contribution in [0.5, 0.6) is 0 Å². The Hall–Kier alpha value is -3.37. The van der Waals surface area contributed by atoms with Crippen LogP contribution >= 0.6 is 0 Å². The molecule has 1 aliphatic heterocycles. The smallest absolute Gasteiger partial charge is 0.332 e. The summed E-state index contributed by atoms with van der Waals surface area (Å²) in [5.74, 6) is 0.730. The van der Waals surface area contributed by atoms with Crippen molar-refractivity contribution < 1.29 is 22.5 Å². The van der Waals surface area contributed by atoms with E-state index < -0.39 is 17.8 Å². The highest BCUT2D eigenvalue weighted by atomic mass is 19.4. The number of fused-ring (bicyclic) bond motifs is 1. The predicted octanol–water partition coefficient (Wildman–Crippen LogP) is 3.39. The third-order valence-corrected chi connectivity index (χ3v) is 4.70. The molecule has 0 atom stereocenters. The van der Waals surface area contributed by atoms with Gasteiger partial charge in [0.1, 0.15) is 0 Å². The average Bonchev–Trinajstić information content (AvgIpc) is 3.24. The summed E-state index contributed by atoms with van der Waals surface area (Å²) in [7, 11) is 1.80. The zero-order valence-electron chi connectivity index (χ0n) is 15.6. The van der Waals surface area contributed by atoms with Crippen LogP contribution in [0.3, 0.4) is 0 Å². The first kappa shape index (κ1) is 19.0. The Morgan fingerprint density at radius 1 is 1.31 bits per heavy atom. The van der Waals surface area contributed by atoms with Crippen LogP contribution < -0.4 is 5.32 Å². The Labute approximate surface area is 163 Å². The summed E-state index contributed by atoms with van der Waals surface area (Å²) < 4.78 is 45.6. The fourth-order valence-corrected chi connectivity index (χ4v) is 3.31. The summed E-state index contributed by atoms with van der Waals surface area (Å²) >= 11 is 0. The van der Waals surface area contributed by atoms with E-state index in [0.29, 0.717) is 24.5 Å². The highest BCUT2D eigenvalue weighted by Gasteiger charge is 2.32. The molecule has 0 bridgehead atoms. The summed E-state index contributed by atoms with van der Waals surface area (Å²) in [6.07, 6.45) is -3.93. The molecule has 0 fully saturated rings. The summed E-state index contributed by atoms with van der Waals surface area (Å²) in [5.41, 5.74) is 1.48. The van der Waals surface area contributed by atoms with Gasteiger partial charge in [0.2, 0.25) is 0 Å². The van der Waals surface area contributed by atoms with Crippen LogP contribution in [0.25, 0.3) is 11.6 Å². The minimum atomic E-state index is -4.48. The summed E-state index contributed by atoms with van der Waals surface area (Å²) in [6.45, 7) is 2.32. The zero-order chi connectivity index (χ0) is 20.8. The molecule has 0 saturated heterocycles. The summed E-state index contributed by atoms with van der Waals surface area (Å²) in [4.78, 5) is 18.4. The number of halogens is 3. The fraction of sp³-hybridized carbons (Fsp3) is 0.333.